The molecule has 0 saturated heterocycles. The van der Waals surface area contributed by atoms with Gasteiger partial charge in [0.05, 0.1) is 0 Å². The van der Waals surface area contributed by atoms with Crippen LogP contribution in [0.15, 0.2) is 36.7 Å². The predicted octanol–water partition coefficient (Wildman–Crippen LogP) is 2.35. The molecular weight excluding hydrogens is 183 g/mol. The quantitative estimate of drug-likeness (QED) is 0.730. The summed E-state index contributed by atoms with van der Waals surface area (Å²) in [6.07, 6.45) is 3.33. The summed E-state index contributed by atoms with van der Waals surface area (Å²) in [7, 11) is 1.78. The molecule has 0 unspecified atom stereocenters. The summed E-state index contributed by atoms with van der Waals surface area (Å²) in [5.74, 6) is -0.211. The second-order valence-electron chi connectivity index (χ2n) is 2.85. The highest BCUT2D eigenvalue weighted by Gasteiger charge is 2.05. The summed E-state index contributed by atoms with van der Waals surface area (Å²) in [6.45, 7) is 0. The van der Waals surface area contributed by atoms with Gasteiger partial charge in [0.25, 0.3) is 0 Å². The van der Waals surface area contributed by atoms with Crippen molar-refractivity contribution in [3.8, 4) is 11.8 Å². The fourth-order valence-corrected chi connectivity index (χ4v) is 1.08. The molecule has 0 bridgehead atoms. The normalized spacial score (nSPS) is 10.1. The van der Waals surface area contributed by atoms with Gasteiger partial charge in [-0.3, -0.25) is 0 Å². The van der Waals surface area contributed by atoms with E-state index in [1.54, 1.807) is 42.2 Å². The summed E-state index contributed by atoms with van der Waals surface area (Å²) < 4.78 is 20.1. The largest absolute Gasteiger partial charge is 0.422 e. The minimum absolute atomic E-state index is 0.182. The Hall–Kier alpha value is -1.84. The van der Waals surface area contributed by atoms with Crippen molar-refractivity contribution in [3.63, 3.8) is 0 Å². The van der Waals surface area contributed by atoms with Crippen molar-refractivity contribution in [3.05, 3.63) is 42.5 Å². The summed E-state index contributed by atoms with van der Waals surface area (Å²) in [5, 5.41) is 0. The molecule has 0 atom stereocenters. The number of hydrogen-bond donors (Lipinski definition) is 0. The maximum absolute atomic E-state index is 13.2. The minimum atomic E-state index is -0.393. The monoisotopic (exact) mass is 192 g/mol. The van der Waals surface area contributed by atoms with Gasteiger partial charge in [-0.15, -0.1) is 0 Å². The third kappa shape index (κ3) is 1.59. The van der Waals surface area contributed by atoms with Gasteiger partial charge in [-0.25, -0.2) is 9.37 Å². The Morgan fingerprint density at radius 2 is 2.14 bits per heavy atom. The lowest BCUT2D eigenvalue weighted by Crippen LogP contribution is -1.94. The molecule has 0 saturated carbocycles. The zero-order valence-corrected chi connectivity index (χ0v) is 7.64. The van der Waals surface area contributed by atoms with E-state index in [1.807, 2.05) is 0 Å². The highest BCUT2D eigenvalue weighted by Crippen LogP contribution is 2.21. The minimum Gasteiger partial charge on any atom is -0.422 e. The third-order valence-corrected chi connectivity index (χ3v) is 1.81. The highest BCUT2D eigenvalue weighted by atomic mass is 19.1. The number of ether oxygens (including phenoxy) is 1. The Balaban J connectivity index is 2.28. The molecule has 4 heteroatoms. The lowest BCUT2D eigenvalue weighted by molar-refractivity contribution is 0.398. The van der Waals surface area contributed by atoms with Crippen molar-refractivity contribution >= 4 is 0 Å². The van der Waals surface area contributed by atoms with Crippen molar-refractivity contribution in [2.75, 3.05) is 0 Å². The van der Waals surface area contributed by atoms with Crippen LogP contribution in [0.5, 0.6) is 11.8 Å². The molecule has 0 amide bonds. The first-order chi connectivity index (χ1) is 6.77. The van der Waals surface area contributed by atoms with Crippen LogP contribution in [-0.2, 0) is 7.05 Å². The average molecular weight is 192 g/mol. The molecule has 72 valence electrons. The second kappa shape index (κ2) is 3.49. The van der Waals surface area contributed by atoms with Crippen LogP contribution < -0.4 is 4.74 Å². The number of aromatic nitrogens is 2. The van der Waals surface area contributed by atoms with E-state index in [1.165, 1.54) is 6.07 Å². The van der Waals surface area contributed by atoms with E-state index in [0.29, 0.717) is 6.01 Å². The number of nitrogens with zero attached hydrogens (tertiary/aromatic N) is 2. The van der Waals surface area contributed by atoms with Crippen molar-refractivity contribution in [2.45, 2.75) is 0 Å². The Kier molecular flexibility index (Phi) is 2.18. The molecule has 0 aliphatic heterocycles. The fourth-order valence-electron chi connectivity index (χ4n) is 1.08. The van der Waals surface area contributed by atoms with Crippen LogP contribution in [0, 0.1) is 5.82 Å². The van der Waals surface area contributed by atoms with Crippen molar-refractivity contribution in [2.24, 2.45) is 7.05 Å². The molecule has 2 rings (SSSR count). The average Bonchev–Trinajstić information content (AvgIpc) is 2.56. The first kappa shape index (κ1) is 8.74. The van der Waals surface area contributed by atoms with Crippen molar-refractivity contribution in [1.82, 2.24) is 9.55 Å². The van der Waals surface area contributed by atoms with Crippen molar-refractivity contribution in [1.29, 1.82) is 0 Å². The number of aryl methyl sites for hydroxylation is 1. The molecule has 0 fully saturated rings. The first-order valence-corrected chi connectivity index (χ1v) is 4.17. The van der Waals surface area contributed by atoms with Crippen LogP contribution >= 0.6 is 0 Å². The molecule has 0 spiro atoms. The first-order valence-electron chi connectivity index (χ1n) is 4.17. The van der Waals surface area contributed by atoms with Crippen LogP contribution in [0.2, 0.25) is 0 Å². The van der Waals surface area contributed by atoms with Gasteiger partial charge >= 0.3 is 6.01 Å². The molecule has 2 aromatic rings. The maximum Gasteiger partial charge on any atom is 0.301 e. The van der Waals surface area contributed by atoms with Gasteiger partial charge in [0.15, 0.2) is 11.6 Å². The Bertz CT molecular complexity index is 439. The van der Waals surface area contributed by atoms with Crippen molar-refractivity contribution < 1.29 is 9.13 Å². The number of rotatable bonds is 2. The molecule has 0 N–H and O–H groups in total. The summed E-state index contributed by atoms with van der Waals surface area (Å²) in [4.78, 5) is 3.93. The smallest absolute Gasteiger partial charge is 0.301 e. The van der Waals surface area contributed by atoms with Gasteiger partial charge < -0.3 is 9.30 Å². The zero-order chi connectivity index (χ0) is 9.97. The lowest BCUT2D eigenvalue weighted by atomic mass is 10.3. The maximum atomic E-state index is 13.2. The van der Waals surface area contributed by atoms with Gasteiger partial charge in [0, 0.05) is 19.4 Å². The Morgan fingerprint density at radius 3 is 2.79 bits per heavy atom. The Morgan fingerprint density at radius 1 is 1.36 bits per heavy atom. The van der Waals surface area contributed by atoms with Gasteiger partial charge in [-0.2, -0.15) is 0 Å². The van der Waals surface area contributed by atoms with E-state index in [-0.39, 0.29) is 5.75 Å². The molecule has 0 aliphatic rings. The summed E-state index contributed by atoms with van der Waals surface area (Å²) >= 11 is 0. The predicted molar refractivity (Wildman–Crippen MR) is 49.7 cm³/mol. The highest BCUT2D eigenvalue weighted by molar-refractivity contribution is 5.26. The molecule has 3 nitrogen and oxygen atoms in total. The number of para-hydroxylation sites is 1. The lowest BCUT2D eigenvalue weighted by Gasteiger charge is -2.04. The molecule has 1 heterocycles. The van der Waals surface area contributed by atoms with Gasteiger partial charge in [-0.1, -0.05) is 12.1 Å². The second-order valence-corrected chi connectivity index (χ2v) is 2.85. The summed E-state index contributed by atoms with van der Waals surface area (Å²) in [5.41, 5.74) is 0. The van der Waals surface area contributed by atoms with E-state index >= 15 is 0 Å². The molecule has 14 heavy (non-hydrogen) atoms. The Labute approximate surface area is 80.8 Å². The van der Waals surface area contributed by atoms with E-state index in [2.05, 4.69) is 4.98 Å². The van der Waals surface area contributed by atoms with Gasteiger partial charge in [0.1, 0.15) is 0 Å². The molecular formula is C10H9FN2O. The van der Waals surface area contributed by atoms with E-state index in [0.717, 1.165) is 0 Å². The van der Waals surface area contributed by atoms with Crippen LogP contribution in [0.1, 0.15) is 0 Å². The van der Waals surface area contributed by atoms with Gasteiger partial charge in [-0.05, 0) is 12.1 Å². The number of imidazole rings is 1. The van der Waals surface area contributed by atoms with Crippen LogP contribution in [0.4, 0.5) is 4.39 Å². The topological polar surface area (TPSA) is 27.1 Å². The molecule has 0 radical (unpaired) electrons. The van der Waals surface area contributed by atoms with Crippen LogP contribution in [0.25, 0.3) is 0 Å². The van der Waals surface area contributed by atoms with Crippen LogP contribution in [-0.4, -0.2) is 9.55 Å². The van der Waals surface area contributed by atoms with Crippen LogP contribution in [0.3, 0.4) is 0 Å². The van der Waals surface area contributed by atoms with E-state index in [4.69, 9.17) is 4.74 Å². The van der Waals surface area contributed by atoms with E-state index < -0.39 is 5.82 Å². The SMILES string of the molecule is Cn1ccnc1Oc1ccccc1F. The number of benzene rings is 1. The summed E-state index contributed by atoms with van der Waals surface area (Å²) in [6, 6.07) is 6.60. The standard InChI is InChI=1S/C10H9FN2O/c1-13-7-6-12-10(13)14-9-5-3-2-4-8(9)11/h2-7H,1H3. The molecule has 1 aromatic carbocycles. The fraction of sp³-hybridized carbons (Fsp3) is 0.100. The molecule has 1 aromatic heterocycles. The number of hydrogen-bond acceptors (Lipinski definition) is 2. The third-order valence-electron chi connectivity index (χ3n) is 1.81. The molecule has 0 aliphatic carbocycles. The number of halogens is 1. The van der Waals surface area contributed by atoms with E-state index in [9.17, 15) is 4.39 Å². The zero-order valence-electron chi connectivity index (χ0n) is 7.64. The van der Waals surface area contributed by atoms with Gasteiger partial charge in [0.2, 0.25) is 0 Å².